The second-order valence-electron chi connectivity index (χ2n) is 3.71. The number of hydrogen-bond acceptors (Lipinski definition) is 2. The van der Waals surface area contributed by atoms with Crippen molar-refractivity contribution in [1.82, 2.24) is 0 Å². The molecule has 1 heterocycles. The van der Waals surface area contributed by atoms with Gasteiger partial charge in [-0.25, -0.2) is 0 Å². The minimum absolute atomic E-state index is 0.598. The van der Waals surface area contributed by atoms with Crippen LogP contribution in [0.3, 0.4) is 0 Å². The van der Waals surface area contributed by atoms with E-state index in [1.165, 1.54) is 11.3 Å². The summed E-state index contributed by atoms with van der Waals surface area (Å²) in [5.74, 6) is 3.67. The van der Waals surface area contributed by atoms with Crippen molar-refractivity contribution in [2.24, 2.45) is 0 Å². The van der Waals surface area contributed by atoms with Gasteiger partial charge in [0, 0.05) is 25.9 Å². The molecule has 1 atom stereocenters. The van der Waals surface area contributed by atoms with Crippen LogP contribution in [-0.4, -0.2) is 16.3 Å². The van der Waals surface area contributed by atoms with Crippen LogP contribution in [0, 0.1) is 6.92 Å². The maximum atomic E-state index is 11.9. The Morgan fingerprint density at radius 3 is 2.73 bits per heavy atom. The molecular formula is C11H11ClOS2. The van der Waals surface area contributed by atoms with Gasteiger partial charge in [0.15, 0.2) is 0 Å². The van der Waals surface area contributed by atoms with Crippen molar-refractivity contribution in [3.63, 3.8) is 0 Å². The van der Waals surface area contributed by atoms with E-state index in [0.717, 1.165) is 15.6 Å². The van der Waals surface area contributed by atoms with E-state index in [0.29, 0.717) is 9.23 Å². The molecule has 4 heteroatoms. The van der Waals surface area contributed by atoms with E-state index in [4.69, 9.17) is 11.6 Å². The van der Waals surface area contributed by atoms with Crippen LogP contribution in [-0.2, 0) is 9.52 Å². The van der Waals surface area contributed by atoms with E-state index >= 15 is 0 Å². The average Bonchev–Trinajstić information content (AvgIpc) is 2.43. The SMILES string of the molecule is C=S(C)(=O)c1sc2ccc(C)cc2c1Cl. The minimum Gasteiger partial charge on any atom is -0.263 e. The first-order chi connectivity index (χ1) is 6.89. The van der Waals surface area contributed by atoms with Crippen molar-refractivity contribution in [2.45, 2.75) is 11.1 Å². The van der Waals surface area contributed by atoms with Gasteiger partial charge in [-0.15, -0.1) is 11.3 Å². The number of fused-ring (bicyclic) bond motifs is 1. The molecule has 2 rings (SSSR count). The van der Waals surface area contributed by atoms with Gasteiger partial charge in [0.25, 0.3) is 0 Å². The summed E-state index contributed by atoms with van der Waals surface area (Å²) in [7, 11) is -2.22. The molecule has 0 saturated heterocycles. The zero-order valence-electron chi connectivity index (χ0n) is 8.54. The molecular weight excluding hydrogens is 248 g/mol. The van der Waals surface area contributed by atoms with Crippen LogP contribution in [0.5, 0.6) is 0 Å². The molecule has 0 aliphatic rings. The summed E-state index contributed by atoms with van der Waals surface area (Å²) >= 11 is 7.67. The molecule has 1 aromatic carbocycles. The Balaban J connectivity index is 2.87. The summed E-state index contributed by atoms with van der Waals surface area (Å²) < 4.78 is 13.6. The molecule has 1 aromatic heterocycles. The summed E-state index contributed by atoms with van der Waals surface area (Å²) in [5.41, 5.74) is 1.15. The number of aryl methyl sites for hydroxylation is 1. The molecule has 0 fully saturated rings. The molecule has 0 bridgehead atoms. The standard InChI is InChI=1S/C11H11ClOS2/c1-7-4-5-9-8(6-7)10(12)11(14-9)15(2,3)13/h4-6H,2H2,1,3H3. The van der Waals surface area contributed by atoms with E-state index in [1.807, 2.05) is 25.1 Å². The Labute approximate surface area is 98.7 Å². The summed E-state index contributed by atoms with van der Waals surface area (Å²) in [4.78, 5) is 0. The lowest BCUT2D eigenvalue weighted by molar-refractivity contribution is 0.686. The highest BCUT2D eigenvalue weighted by Crippen LogP contribution is 2.38. The zero-order valence-corrected chi connectivity index (χ0v) is 10.9. The molecule has 15 heavy (non-hydrogen) atoms. The number of rotatable bonds is 1. The Kier molecular flexibility index (Phi) is 2.57. The molecule has 0 spiro atoms. The van der Waals surface area contributed by atoms with Crippen LogP contribution in [0.15, 0.2) is 22.4 Å². The van der Waals surface area contributed by atoms with E-state index < -0.39 is 9.52 Å². The first-order valence-electron chi connectivity index (χ1n) is 4.40. The normalized spacial score (nSPS) is 15.4. The van der Waals surface area contributed by atoms with Crippen LogP contribution >= 0.6 is 22.9 Å². The second kappa shape index (κ2) is 3.51. The molecule has 0 saturated carbocycles. The number of benzene rings is 1. The molecule has 0 aliphatic heterocycles. The zero-order chi connectivity index (χ0) is 11.2. The predicted octanol–water partition coefficient (Wildman–Crippen LogP) is 3.57. The molecule has 80 valence electrons. The van der Waals surface area contributed by atoms with Gasteiger partial charge in [-0.3, -0.25) is 4.21 Å². The molecule has 0 amide bonds. The maximum absolute atomic E-state index is 11.9. The lowest BCUT2D eigenvalue weighted by Gasteiger charge is -1.97. The number of thiophene rings is 1. The Hall–Kier alpha value is -0.510. The minimum atomic E-state index is -2.22. The topological polar surface area (TPSA) is 17.1 Å². The monoisotopic (exact) mass is 258 g/mol. The lowest BCUT2D eigenvalue weighted by atomic mass is 10.2. The molecule has 2 aromatic rings. The lowest BCUT2D eigenvalue weighted by Crippen LogP contribution is -1.92. The fourth-order valence-corrected chi connectivity index (χ4v) is 4.52. The average molecular weight is 259 g/mol. The van der Waals surface area contributed by atoms with Gasteiger partial charge in [-0.1, -0.05) is 23.2 Å². The third-order valence-electron chi connectivity index (χ3n) is 2.15. The van der Waals surface area contributed by atoms with Crippen molar-refractivity contribution in [1.29, 1.82) is 0 Å². The van der Waals surface area contributed by atoms with Gasteiger partial charge in [0.05, 0.1) is 5.02 Å². The quantitative estimate of drug-likeness (QED) is 0.715. The van der Waals surface area contributed by atoms with E-state index in [1.54, 1.807) is 6.26 Å². The number of halogens is 1. The van der Waals surface area contributed by atoms with Crippen molar-refractivity contribution in [3.8, 4) is 0 Å². The van der Waals surface area contributed by atoms with E-state index in [-0.39, 0.29) is 0 Å². The van der Waals surface area contributed by atoms with Crippen molar-refractivity contribution < 1.29 is 4.21 Å². The van der Waals surface area contributed by atoms with Crippen molar-refractivity contribution >= 4 is 48.4 Å². The first-order valence-corrected chi connectivity index (χ1v) is 7.73. The van der Waals surface area contributed by atoms with E-state index in [9.17, 15) is 4.21 Å². The van der Waals surface area contributed by atoms with Crippen LogP contribution in [0.4, 0.5) is 0 Å². The summed E-state index contributed by atoms with van der Waals surface area (Å²) in [6.45, 7) is 2.01. The summed E-state index contributed by atoms with van der Waals surface area (Å²) in [6, 6.07) is 6.05. The van der Waals surface area contributed by atoms with Gasteiger partial charge >= 0.3 is 0 Å². The Bertz CT molecular complexity index is 623. The number of hydrogen-bond donors (Lipinski definition) is 0. The van der Waals surface area contributed by atoms with Crippen LogP contribution < -0.4 is 0 Å². The molecule has 0 radical (unpaired) electrons. The Morgan fingerprint density at radius 1 is 1.47 bits per heavy atom. The van der Waals surface area contributed by atoms with Gasteiger partial charge in [0.1, 0.15) is 4.21 Å². The van der Waals surface area contributed by atoms with Crippen LogP contribution in [0.1, 0.15) is 5.56 Å². The van der Waals surface area contributed by atoms with Crippen LogP contribution in [0.25, 0.3) is 10.1 Å². The van der Waals surface area contributed by atoms with Gasteiger partial charge < -0.3 is 0 Å². The molecule has 0 N–H and O–H groups in total. The molecule has 0 aliphatic carbocycles. The summed E-state index contributed by atoms with van der Waals surface area (Å²) in [5, 5.41) is 1.58. The third-order valence-corrected chi connectivity index (χ3v) is 6.02. The van der Waals surface area contributed by atoms with E-state index in [2.05, 4.69) is 5.87 Å². The maximum Gasteiger partial charge on any atom is 0.102 e. The van der Waals surface area contributed by atoms with Crippen molar-refractivity contribution in [2.75, 3.05) is 6.26 Å². The Morgan fingerprint density at radius 2 is 2.13 bits per heavy atom. The second-order valence-corrected chi connectivity index (χ2v) is 7.81. The smallest absolute Gasteiger partial charge is 0.102 e. The highest BCUT2D eigenvalue weighted by molar-refractivity contribution is 8.01. The van der Waals surface area contributed by atoms with Gasteiger partial charge in [-0.2, -0.15) is 0 Å². The predicted molar refractivity (Wildman–Crippen MR) is 71.0 cm³/mol. The van der Waals surface area contributed by atoms with Crippen molar-refractivity contribution in [3.05, 3.63) is 28.8 Å². The summed E-state index contributed by atoms with van der Waals surface area (Å²) in [6.07, 6.45) is 1.62. The van der Waals surface area contributed by atoms with Gasteiger partial charge in [0.2, 0.25) is 0 Å². The fourth-order valence-electron chi connectivity index (χ4n) is 1.44. The first kappa shape index (κ1) is 11.0. The third kappa shape index (κ3) is 1.92. The van der Waals surface area contributed by atoms with Gasteiger partial charge in [-0.05, 0) is 24.9 Å². The highest BCUT2D eigenvalue weighted by Gasteiger charge is 2.14. The largest absolute Gasteiger partial charge is 0.263 e. The molecule has 1 nitrogen and oxygen atoms in total. The highest BCUT2D eigenvalue weighted by atomic mass is 35.5. The van der Waals surface area contributed by atoms with Crippen LogP contribution in [0.2, 0.25) is 5.02 Å². The molecule has 1 unspecified atom stereocenters. The fraction of sp³-hybridized carbons (Fsp3) is 0.182.